The van der Waals surface area contributed by atoms with Gasteiger partial charge in [0.25, 0.3) is 5.91 Å². The van der Waals surface area contributed by atoms with Gasteiger partial charge in [0.2, 0.25) is 0 Å². The Morgan fingerprint density at radius 1 is 1.38 bits per heavy atom. The lowest BCUT2D eigenvalue weighted by Gasteiger charge is -2.03. The lowest BCUT2D eigenvalue weighted by atomic mass is 10.2. The molecule has 6 heteroatoms. The zero-order chi connectivity index (χ0) is 15.1. The third-order valence-electron chi connectivity index (χ3n) is 2.62. The zero-order valence-electron chi connectivity index (χ0n) is 11.2. The van der Waals surface area contributed by atoms with Crippen molar-refractivity contribution in [2.75, 3.05) is 13.1 Å². The molecule has 21 heavy (non-hydrogen) atoms. The maximum Gasteiger partial charge on any atom is 0.269 e. The van der Waals surface area contributed by atoms with Gasteiger partial charge in [0, 0.05) is 23.2 Å². The molecule has 0 aromatic carbocycles. The molecule has 0 saturated carbocycles. The van der Waals surface area contributed by atoms with Crippen LogP contribution in [0.1, 0.15) is 20.9 Å². The Morgan fingerprint density at radius 2 is 2.24 bits per heavy atom. The summed E-state index contributed by atoms with van der Waals surface area (Å²) in [5.74, 6) is 5.39. The molecule has 0 aliphatic heterocycles. The van der Waals surface area contributed by atoms with Gasteiger partial charge in [-0.15, -0.1) is 11.3 Å². The topological polar surface area (TPSA) is 68.0 Å². The van der Waals surface area contributed by atoms with Crippen LogP contribution in [-0.2, 0) is 6.42 Å². The first-order chi connectivity index (χ1) is 10.2. The van der Waals surface area contributed by atoms with E-state index in [1.54, 1.807) is 18.3 Å². The van der Waals surface area contributed by atoms with Gasteiger partial charge in [0.1, 0.15) is 5.69 Å². The Kier molecular flexibility index (Phi) is 5.76. The average Bonchev–Trinajstić information content (AvgIpc) is 2.91. The molecule has 0 fully saturated rings. The number of nitrogens with zero attached hydrogens (tertiary/aromatic N) is 1. The molecule has 2 rings (SSSR count). The quantitative estimate of drug-likeness (QED) is 0.848. The Bertz CT molecular complexity index is 670. The molecule has 1 amide bonds. The number of thiophene rings is 1. The second-order valence-corrected chi connectivity index (χ2v) is 5.95. The minimum Gasteiger partial charge on any atom is -0.350 e. The van der Waals surface area contributed by atoms with Crippen LogP contribution < -0.4 is 11.1 Å². The molecular formula is C15H14ClN3OS. The van der Waals surface area contributed by atoms with Crippen molar-refractivity contribution in [3.63, 3.8) is 0 Å². The maximum absolute atomic E-state index is 11.9. The van der Waals surface area contributed by atoms with Gasteiger partial charge in [-0.3, -0.25) is 4.79 Å². The second kappa shape index (κ2) is 7.79. The molecule has 3 N–H and O–H groups in total. The first kappa shape index (κ1) is 15.5. The predicted molar refractivity (Wildman–Crippen MR) is 85.5 cm³/mol. The fourth-order valence-corrected chi connectivity index (χ4v) is 2.72. The normalized spacial score (nSPS) is 9.81. The number of hydrogen-bond acceptors (Lipinski definition) is 4. The summed E-state index contributed by atoms with van der Waals surface area (Å²) in [6, 6.07) is 7.22. The molecule has 108 valence electrons. The minimum absolute atomic E-state index is 0.198. The molecule has 4 nitrogen and oxygen atoms in total. The van der Waals surface area contributed by atoms with Crippen LogP contribution in [0.25, 0.3) is 0 Å². The molecule has 0 unspecified atom stereocenters. The molecule has 0 radical (unpaired) electrons. The number of carbonyl (C=O) groups is 1. The molecule has 2 heterocycles. The third-order valence-corrected chi connectivity index (χ3v) is 3.91. The number of carbonyl (C=O) groups excluding carboxylic acids is 1. The fourth-order valence-electron chi connectivity index (χ4n) is 1.63. The van der Waals surface area contributed by atoms with E-state index in [1.807, 2.05) is 12.1 Å². The molecule has 0 saturated heterocycles. The van der Waals surface area contributed by atoms with Crippen molar-refractivity contribution in [1.29, 1.82) is 0 Å². The van der Waals surface area contributed by atoms with Gasteiger partial charge in [0.15, 0.2) is 0 Å². The van der Waals surface area contributed by atoms with Crippen LogP contribution in [0.4, 0.5) is 0 Å². The van der Waals surface area contributed by atoms with Crippen molar-refractivity contribution in [1.82, 2.24) is 10.3 Å². The van der Waals surface area contributed by atoms with Crippen LogP contribution in [-0.4, -0.2) is 24.0 Å². The SMILES string of the molecule is NCC#Cc1ccc(C(=O)NCCc2ccc(Cl)s2)nc1. The molecule has 0 aliphatic carbocycles. The first-order valence-corrected chi connectivity index (χ1v) is 7.56. The lowest BCUT2D eigenvalue weighted by molar-refractivity contribution is 0.0949. The molecule has 0 aliphatic rings. The van der Waals surface area contributed by atoms with Crippen molar-refractivity contribution < 1.29 is 4.79 Å². The lowest BCUT2D eigenvalue weighted by Crippen LogP contribution is -2.26. The van der Waals surface area contributed by atoms with Crippen molar-refractivity contribution >= 4 is 28.8 Å². The van der Waals surface area contributed by atoms with Gasteiger partial charge in [-0.05, 0) is 30.7 Å². The summed E-state index contributed by atoms with van der Waals surface area (Å²) in [7, 11) is 0. The maximum atomic E-state index is 11.9. The van der Waals surface area contributed by atoms with Gasteiger partial charge in [0.05, 0.1) is 10.9 Å². The Labute approximate surface area is 132 Å². The summed E-state index contributed by atoms with van der Waals surface area (Å²) in [5, 5.41) is 2.83. The number of nitrogens with one attached hydrogen (secondary N) is 1. The minimum atomic E-state index is -0.198. The second-order valence-electron chi connectivity index (χ2n) is 4.15. The van der Waals surface area contributed by atoms with Gasteiger partial charge >= 0.3 is 0 Å². The summed E-state index contributed by atoms with van der Waals surface area (Å²) in [5.41, 5.74) is 6.41. The van der Waals surface area contributed by atoms with Gasteiger partial charge in [-0.25, -0.2) is 4.98 Å². The van der Waals surface area contributed by atoms with Crippen LogP contribution in [0.15, 0.2) is 30.5 Å². The standard InChI is InChI=1S/C15H14ClN3OS/c16-14-6-4-12(21-14)7-9-18-15(20)13-5-3-11(10-19-13)2-1-8-17/h3-6,10H,7-9,17H2,(H,18,20). The number of nitrogens with two attached hydrogens (primary N) is 1. The highest BCUT2D eigenvalue weighted by Gasteiger charge is 2.06. The summed E-state index contributed by atoms with van der Waals surface area (Å²) in [6.07, 6.45) is 2.32. The number of aromatic nitrogens is 1. The molecule has 2 aromatic rings. The summed E-state index contributed by atoms with van der Waals surface area (Å²) >= 11 is 7.37. The van der Waals surface area contributed by atoms with Gasteiger partial charge in [-0.1, -0.05) is 23.4 Å². The summed E-state index contributed by atoms with van der Waals surface area (Å²) in [4.78, 5) is 17.1. The van der Waals surface area contributed by atoms with E-state index in [1.165, 1.54) is 11.3 Å². The fraction of sp³-hybridized carbons (Fsp3) is 0.200. The molecule has 0 atom stereocenters. The number of rotatable bonds is 4. The van der Waals surface area contributed by atoms with E-state index in [9.17, 15) is 4.79 Å². The van der Waals surface area contributed by atoms with Crippen molar-refractivity contribution in [3.8, 4) is 11.8 Å². The van der Waals surface area contributed by atoms with Gasteiger partial charge < -0.3 is 11.1 Å². The van der Waals surface area contributed by atoms with E-state index in [0.29, 0.717) is 18.8 Å². The van der Waals surface area contributed by atoms with Crippen LogP contribution in [0.5, 0.6) is 0 Å². The van der Waals surface area contributed by atoms with E-state index in [-0.39, 0.29) is 5.91 Å². The van der Waals surface area contributed by atoms with Crippen molar-refractivity contribution in [2.24, 2.45) is 5.73 Å². The predicted octanol–water partition coefficient (Wildman–Crippen LogP) is 2.08. The molecule has 2 aromatic heterocycles. The summed E-state index contributed by atoms with van der Waals surface area (Å²) in [6.45, 7) is 0.848. The molecular weight excluding hydrogens is 306 g/mol. The van der Waals surface area contributed by atoms with Gasteiger partial charge in [-0.2, -0.15) is 0 Å². The largest absolute Gasteiger partial charge is 0.350 e. The van der Waals surface area contributed by atoms with E-state index >= 15 is 0 Å². The third kappa shape index (κ3) is 4.87. The monoisotopic (exact) mass is 319 g/mol. The van der Waals surface area contributed by atoms with Crippen LogP contribution in [0.2, 0.25) is 4.34 Å². The van der Waals surface area contributed by atoms with E-state index in [0.717, 1.165) is 21.2 Å². The first-order valence-electron chi connectivity index (χ1n) is 6.36. The number of hydrogen-bond donors (Lipinski definition) is 2. The van der Waals surface area contributed by atoms with E-state index < -0.39 is 0 Å². The van der Waals surface area contributed by atoms with E-state index in [2.05, 4.69) is 22.1 Å². The highest BCUT2D eigenvalue weighted by atomic mass is 35.5. The van der Waals surface area contributed by atoms with Crippen LogP contribution in [0.3, 0.4) is 0 Å². The van der Waals surface area contributed by atoms with E-state index in [4.69, 9.17) is 17.3 Å². The summed E-state index contributed by atoms with van der Waals surface area (Å²) < 4.78 is 0.757. The Balaban J connectivity index is 1.85. The molecule has 0 bridgehead atoms. The zero-order valence-corrected chi connectivity index (χ0v) is 12.8. The average molecular weight is 320 g/mol. The van der Waals surface area contributed by atoms with Crippen LogP contribution in [0, 0.1) is 11.8 Å². The number of pyridine rings is 1. The Hall–Kier alpha value is -1.87. The molecule has 0 spiro atoms. The van der Waals surface area contributed by atoms with Crippen LogP contribution >= 0.6 is 22.9 Å². The highest BCUT2D eigenvalue weighted by molar-refractivity contribution is 7.16. The highest BCUT2D eigenvalue weighted by Crippen LogP contribution is 2.21. The number of halogens is 1. The van der Waals surface area contributed by atoms with Crippen molar-refractivity contribution in [2.45, 2.75) is 6.42 Å². The van der Waals surface area contributed by atoms with Crippen molar-refractivity contribution in [3.05, 3.63) is 50.9 Å². The Morgan fingerprint density at radius 3 is 2.86 bits per heavy atom. The smallest absolute Gasteiger partial charge is 0.269 e. The number of amides is 1.